The first-order valence-electron chi connectivity index (χ1n) is 15.2. The monoisotopic (exact) mass is 607 g/mol. The highest BCUT2D eigenvalue weighted by molar-refractivity contribution is 5.73. The van der Waals surface area contributed by atoms with E-state index in [1.54, 1.807) is 41.5 Å². The van der Waals surface area contributed by atoms with E-state index in [0.29, 0.717) is 6.42 Å². The highest BCUT2D eigenvalue weighted by Gasteiger charge is 2.52. The van der Waals surface area contributed by atoms with Gasteiger partial charge in [0.25, 0.3) is 0 Å². The number of ether oxygens (including phenoxy) is 4. The van der Waals surface area contributed by atoms with Gasteiger partial charge in [-0.3, -0.25) is 4.79 Å². The van der Waals surface area contributed by atoms with Gasteiger partial charge in [0, 0.05) is 25.4 Å². The molecule has 0 spiro atoms. The van der Waals surface area contributed by atoms with Gasteiger partial charge in [-0.15, -0.1) is 0 Å². The zero-order chi connectivity index (χ0) is 32.5. The standard InChI is InChI=1S/C30H57NO11/c1-12-21-30(8,37)25(35)17(4)22(32)15(2)14-29(7,39-11)26(18(5)23(33)19(6)27(36)41-21)42-28-24(34)20(31(9,10)38)13-16(3)40-28/h15-26,28,32-35,37H,12-14H2,1-11H3/t15-,16-,17+,18+,19-,20+,21-,22+,23+,24-,25-,26-,28+,29?,30-/m1/s1. The van der Waals surface area contributed by atoms with E-state index in [-0.39, 0.29) is 12.8 Å². The van der Waals surface area contributed by atoms with Gasteiger partial charge in [0.2, 0.25) is 0 Å². The first kappa shape index (κ1) is 37.3. The van der Waals surface area contributed by atoms with Crippen molar-refractivity contribution in [3.8, 4) is 0 Å². The first-order chi connectivity index (χ1) is 19.1. The number of hydrogen-bond donors (Lipinski definition) is 5. The summed E-state index contributed by atoms with van der Waals surface area (Å²) < 4.78 is 23.3. The number of cyclic esters (lactones) is 1. The van der Waals surface area contributed by atoms with Crippen LogP contribution in [0.4, 0.5) is 0 Å². The third-order valence-corrected chi connectivity index (χ3v) is 9.89. The Morgan fingerprint density at radius 1 is 1.00 bits per heavy atom. The number of hydrogen-bond acceptors (Lipinski definition) is 11. The number of aliphatic hydroxyl groups is 5. The molecule has 0 bridgehead atoms. The Morgan fingerprint density at radius 3 is 2.07 bits per heavy atom. The molecule has 0 amide bonds. The molecule has 0 saturated carbocycles. The van der Waals surface area contributed by atoms with Crippen LogP contribution in [-0.4, -0.2) is 124 Å². The summed E-state index contributed by atoms with van der Waals surface area (Å²) in [7, 11) is 4.36. The number of carbonyl (C=O) groups excluding carboxylic acids is 1. The maximum Gasteiger partial charge on any atom is 0.311 e. The second-order valence-electron chi connectivity index (χ2n) is 13.8. The van der Waals surface area contributed by atoms with E-state index in [1.165, 1.54) is 35.1 Å². The molecule has 0 radical (unpaired) electrons. The van der Waals surface area contributed by atoms with Crippen molar-refractivity contribution in [2.75, 3.05) is 21.2 Å². The molecule has 15 atom stereocenters. The lowest BCUT2D eigenvalue weighted by Gasteiger charge is -2.51. The minimum atomic E-state index is -1.88. The molecule has 248 valence electrons. The van der Waals surface area contributed by atoms with E-state index in [9.17, 15) is 35.5 Å². The van der Waals surface area contributed by atoms with Crippen molar-refractivity contribution in [2.45, 2.75) is 141 Å². The Balaban J connectivity index is 2.61. The summed E-state index contributed by atoms with van der Waals surface area (Å²) in [5.41, 5.74) is -3.09. The zero-order valence-electron chi connectivity index (χ0n) is 27.3. The van der Waals surface area contributed by atoms with E-state index < -0.39 is 101 Å². The summed E-state index contributed by atoms with van der Waals surface area (Å²) in [6, 6.07) is -0.734. The van der Waals surface area contributed by atoms with Crippen LogP contribution in [0.5, 0.6) is 0 Å². The number of carbonyl (C=O) groups is 1. The summed E-state index contributed by atoms with van der Waals surface area (Å²) in [6.45, 7) is 13.2. The fourth-order valence-electron chi connectivity index (χ4n) is 6.87. The molecule has 2 rings (SSSR count). The molecule has 0 aromatic heterocycles. The van der Waals surface area contributed by atoms with Gasteiger partial charge in [-0.25, -0.2) is 0 Å². The lowest BCUT2D eigenvalue weighted by Crippen LogP contribution is -2.63. The molecule has 2 heterocycles. The maximum absolute atomic E-state index is 13.3. The molecule has 12 heteroatoms. The minimum absolute atomic E-state index is 0.173. The van der Waals surface area contributed by atoms with E-state index in [4.69, 9.17) is 18.9 Å². The van der Waals surface area contributed by atoms with Gasteiger partial charge in [0.05, 0.1) is 56.1 Å². The van der Waals surface area contributed by atoms with Crippen molar-refractivity contribution >= 4 is 5.97 Å². The molecule has 2 fully saturated rings. The largest absolute Gasteiger partial charge is 0.633 e. The molecule has 5 N–H and O–H groups in total. The average Bonchev–Trinajstić information content (AvgIpc) is 2.91. The zero-order valence-corrected chi connectivity index (χ0v) is 27.3. The van der Waals surface area contributed by atoms with Crippen molar-refractivity contribution in [2.24, 2.45) is 23.7 Å². The van der Waals surface area contributed by atoms with Crippen molar-refractivity contribution < 1.29 is 53.9 Å². The molecule has 0 aliphatic carbocycles. The van der Waals surface area contributed by atoms with E-state index >= 15 is 0 Å². The second-order valence-corrected chi connectivity index (χ2v) is 13.8. The van der Waals surface area contributed by atoms with Gasteiger partial charge in [0.15, 0.2) is 12.4 Å². The number of esters is 1. The molecular weight excluding hydrogens is 550 g/mol. The number of methoxy groups -OCH3 is 1. The summed E-state index contributed by atoms with van der Waals surface area (Å²) in [4.78, 5) is 13.3. The summed E-state index contributed by atoms with van der Waals surface area (Å²) in [5.74, 6) is -3.98. The van der Waals surface area contributed by atoms with Crippen LogP contribution in [-0.2, 0) is 23.7 Å². The fourth-order valence-corrected chi connectivity index (χ4v) is 6.87. The smallest absolute Gasteiger partial charge is 0.311 e. The number of likely N-dealkylation sites (N-methyl/N-ethyl adjacent to an activating group) is 1. The Kier molecular flexibility index (Phi) is 12.4. The number of hydroxylamine groups is 3. The molecular formula is C30H57NO11. The van der Waals surface area contributed by atoms with Crippen LogP contribution in [0.25, 0.3) is 0 Å². The predicted octanol–water partition coefficient (Wildman–Crippen LogP) is 1.32. The van der Waals surface area contributed by atoms with Crippen LogP contribution in [0, 0.1) is 28.9 Å². The Morgan fingerprint density at radius 2 is 1.57 bits per heavy atom. The Bertz CT molecular complexity index is 882. The molecule has 0 aromatic carbocycles. The van der Waals surface area contributed by atoms with Crippen LogP contribution in [0.15, 0.2) is 0 Å². The molecule has 12 nitrogen and oxygen atoms in total. The normalized spacial score (nSPS) is 48.8. The predicted molar refractivity (Wildman–Crippen MR) is 155 cm³/mol. The molecule has 42 heavy (non-hydrogen) atoms. The van der Waals surface area contributed by atoms with E-state index in [1.807, 2.05) is 0 Å². The third kappa shape index (κ3) is 7.82. The first-order valence-corrected chi connectivity index (χ1v) is 15.2. The SMILES string of the molecule is CC[C@H]1OC(=O)[C@H](C)[C@@H](O)[C@H](C)[C@@H](O[C@@H]2O[C@H](C)C[C@H]([N+](C)(C)[O-])[C@H]2O)C(C)(OC)C[C@@H](C)[C@H](O)[C@H](C)[C@@H](O)[C@]1(C)O. The van der Waals surface area contributed by atoms with E-state index in [2.05, 4.69) is 0 Å². The quantitative estimate of drug-likeness (QED) is 0.173. The second kappa shape index (κ2) is 14.0. The van der Waals surface area contributed by atoms with Crippen molar-refractivity contribution in [3.05, 3.63) is 5.21 Å². The Hall–Kier alpha value is -0.930. The number of quaternary nitrogens is 1. The van der Waals surface area contributed by atoms with Crippen molar-refractivity contribution in [3.63, 3.8) is 0 Å². The number of nitrogens with zero attached hydrogens (tertiary/aromatic N) is 1. The molecule has 0 aromatic rings. The van der Waals surface area contributed by atoms with Gasteiger partial charge in [0.1, 0.15) is 17.7 Å². The van der Waals surface area contributed by atoms with Gasteiger partial charge < -0.3 is 54.3 Å². The van der Waals surface area contributed by atoms with Gasteiger partial charge >= 0.3 is 5.97 Å². The highest BCUT2D eigenvalue weighted by Crippen LogP contribution is 2.40. The molecule has 2 saturated heterocycles. The minimum Gasteiger partial charge on any atom is -0.633 e. The van der Waals surface area contributed by atoms with E-state index in [0.717, 1.165) is 0 Å². The lowest BCUT2D eigenvalue weighted by molar-refractivity contribution is -0.874. The molecule has 1 unspecified atom stereocenters. The summed E-state index contributed by atoms with van der Waals surface area (Å²) in [6.07, 6.45) is -8.25. The van der Waals surface area contributed by atoms with Crippen LogP contribution in [0.3, 0.4) is 0 Å². The average molecular weight is 608 g/mol. The van der Waals surface area contributed by atoms with Crippen LogP contribution in [0.1, 0.15) is 74.7 Å². The maximum atomic E-state index is 13.3. The van der Waals surface area contributed by atoms with Gasteiger partial charge in [-0.2, -0.15) is 0 Å². The number of rotatable bonds is 5. The van der Waals surface area contributed by atoms with Crippen LogP contribution >= 0.6 is 0 Å². The van der Waals surface area contributed by atoms with Crippen molar-refractivity contribution in [1.29, 1.82) is 0 Å². The van der Waals surface area contributed by atoms with Crippen LogP contribution in [0.2, 0.25) is 0 Å². The number of aliphatic hydroxyl groups excluding tert-OH is 4. The third-order valence-electron chi connectivity index (χ3n) is 9.89. The Labute approximate surface area is 251 Å². The molecule has 2 aliphatic heterocycles. The highest BCUT2D eigenvalue weighted by atomic mass is 16.7. The summed E-state index contributed by atoms with van der Waals surface area (Å²) in [5, 5.41) is 69.4. The van der Waals surface area contributed by atoms with Gasteiger partial charge in [-0.05, 0) is 46.5 Å². The topological polar surface area (TPSA) is 178 Å². The molecule has 2 aliphatic rings. The van der Waals surface area contributed by atoms with Crippen LogP contribution < -0.4 is 0 Å². The lowest BCUT2D eigenvalue weighted by atomic mass is 9.73. The fraction of sp³-hybridized carbons (Fsp3) is 0.967. The summed E-state index contributed by atoms with van der Waals surface area (Å²) >= 11 is 0. The van der Waals surface area contributed by atoms with Crippen molar-refractivity contribution in [1.82, 2.24) is 0 Å². The van der Waals surface area contributed by atoms with Gasteiger partial charge in [-0.1, -0.05) is 27.7 Å².